The first kappa shape index (κ1) is 8.40. The van der Waals surface area contributed by atoms with Gasteiger partial charge in [-0.1, -0.05) is 6.07 Å². The number of halogens is 1. The lowest BCUT2D eigenvalue weighted by molar-refractivity contribution is 1.21. The van der Waals surface area contributed by atoms with Gasteiger partial charge in [0.25, 0.3) is 0 Å². The number of anilines is 2. The number of hydrogen-bond acceptors (Lipinski definition) is 2. The lowest BCUT2D eigenvalue weighted by Gasteiger charge is -2.07. The number of nitrogen functional groups attached to an aromatic ring is 1. The fourth-order valence-corrected chi connectivity index (χ4v) is 1.25. The van der Waals surface area contributed by atoms with Gasteiger partial charge in [0.2, 0.25) is 0 Å². The molecule has 1 aromatic carbocycles. The maximum Gasteiger partial charge on any atom is 0.0694 e. The summed E-state index contributed by atoms with van der Waals surface area (Å²) < 4.78 is 0.941. The molecule has 3 heteroatoms. The smallest absolute Gasteiger partial charge is 0.0694 e. The van der Waals surface area contributed by atoms with Gasteiger partial charge in [-0.15, -0.1) is 0 Å². The number of benzene rings is 1. The lowest BCUT2D eigenvalue weighted by Crippen LogP contribution is -2.00. The van der Waals surface area contributed by atoms with Crippen LogP contribution in [0.1, 0.15) is 6.92 Å². The zero-order valence-electron chi connectivity index (χ0n) is 6.39. The summed E-state index contributed by atoms with van der Waals surface area (Å²) in [4.78, 5) is 0. The Morgan fingerprint density at radius 2 is 2.27 bits per heavy atom. The zero-order chi connectivity index (χ0) is 8.27. The molecular weight excluding hydrogens is 204 g/mol. The molecule has 0 atom stereocenters. The van der Waals surface area contributed by atoms with E-state index >= 15 is 0 Å². The van der Waals surface area contributed by atoms with Gasteiger partial charge in [0.15, 0.2) is 0 Å². The van der Waals surface area contributed by atoms with Gasteiger partial charge in [-0.25, -0.2) is 0 Å². The second-order valence-corrected chi connectivity index (χ2v) is 3.09. The van der Waals surface area contributed by atoms with Crippen LogP contribution in [-0.4, -0.2) is 6.54 Å². The van der Waals surface area contributed by atoms with E-state index < -0.39 is 0 Å². The number of hydrogen-bond donors (Lipinski definition) is 2. The molecule has 0 radical (unpaired) electrons. The van der Waals surface area contributed by atoms with Gasteiger partial charge in [0.05, 0.1) is 11.4 Å². The van der Waals surface area contributed by atoms with Crippen LogP contribution in [0, 0.1) is 0 Å². The van der Waals surface area contributed by atoms with E-state index in [2.05, 4.69) is 21.2 Å². The Kier molecular flexibility index (Phi) is 2.76. The molecule has 0 aliphatic heterocycles. The van der Waals surface area contributed by atoms with Crippen LogP contribution < -0.4 is 11.1 Å². The minimum Gasteiger partial charge on any atom is -0.396 e. The van der Waals surface area contributed by atoms with Crippen LogP contribution in [0.3, 0.4) is 0 Å². The Balaban J connectivity index is 2.96. The van der Waals surface area contributed by atoms with Crippen molar-refractivity contribution >= 4 is 27.3 Å². The first-order valence-electron chi connectivity index (χ1n) is 3.53. The van der Waals surface area contributed by atoms with E-state index in [4.69, 9.17) is 5.73 Å². The molecule has 0 aliphatic rings. The Bertz CT molecular complexity index is 248. The molecule has 0 unspecified atom stereocenters. The Morgan fingerprint density at radius 3 is 2.91 bits per heavy atom. The molecule has 2 nitrogen and oxygen atoms in total. The van der Waals surface area contributed by atoms with Crippen LogP contribution in [0.25, 0.3) is 0 Å². The molecule has 0 spiro atoms. The van der Waals surface area contributed by atoms with E-state index in [0.717, 1.165) is 22.4 Å². The van der Waals surface area contributed by atoms with E-state index in [1.54, 1.807) is 0 Å². The molecule has 0 saturated carbocycles. The van der Waals surface area contributed by atoms with Crippen molar-refractivity contribution in [1.29, 1.82) is 0 Å². The molecule has 1 rings (SSSR count). The number of rotatable bonds is 2. The number of nitrogens with one attached hydrogen (secondary N) is 1. The highest BCUT2D eigenvalue weighted by Gasteiger charge is 1.99. The maximum atomic E-state index is 5.76. The molecule has 0 heterocycles. The van der Waals surface area contributed by atoms with Gasteiger partial charge in [0.1, 0.15) is 0 Å². The zero-order valence-corrected chi connectivity index (χ0v) is 7.98. The Morgan fingerprint density at radius 1 is 1.55 bits per heavy atom. The highest BCUT2D eigenvalue weighted by molar-refractivity contribution is 9.10. The molecule has 0 aromatic heterocycles. The van der Waals surface area contributed by atoms with Gasteiger partial charge >= 0.3 is 0 Å². The standard InChI is InChI=1S/C8H11BrN2/c1-2-11-7-5-3-4-6(9)8(7)10/h3-5,11H,2,10H2,1H3. The quantitative estimate of drug-likeness (QED) is 0.743. The highest BCUT2D eigenvalue weighted by atomic mass is 79.9. The minimum absolute atomic E-state index is 0.773. The maximum absolute atomic E-state index is 5.76. The van der Waals surface area contributed by atoms with Crippen molar-refractivity contribution in [3.8, 4) is 0 Å². The molecule has 1 aromatic rings. The van der Waals surface area contributed by atoms with Crippen molar-refractivity contribution in [1.82, 2.24) is 0 Å². The molecule has 0 bridgehead atoms. The fourth-order valence-electron chi connectivity index (χ4n) is 0.882. The van der Waals surface area contributed by atoms with Crippen LogP contribution in [0.5, 0.6) is 0 Å². The molecular formula is C8H11BrN2. The predicted octanol–water partition coefficient (Wildman–Crippen LogP) is 2.46. The van der Waals surface area contributed by atoms with Gasteiger partial charge < -0.3 is 11.1 Å². The van der Waals surface area contributed by atoms with Gasteiger partial charge in [-0.2, -0.15) is 0 Å². The van der Waals surface area contributed by atoms with Crippen LogP contribution in [-0.2, 0) is 0 Å². The van der Waals surface area contributed by atoms with Crippen molar-refractivity contribution in [3.05, 3.63) is 22.7 Å². The van der Waals surface area contributed by atoms with E-state index in [1.165, 1.54) is 0 Å². The predicted molar refractivity (Wildman–Crippen MR) is 52.7 cm³/mol. The second kappa shape index (κ2) is 3.62. The van der Waals surface area contributed by atoms with E-state index in [-0.39, 0.29) is 0 Å². The normalized spacial score (nSPS) is 9.64. The van der Waals surface area contributed by atoms with Gasteiger partial charge in [-0.05, 0) is 35.0 Å². The van der Waals surface area contributed by atoms with Crippen molar-refractivity contribution in [2.24, 2.45) is 0 Å². The van der Waals surface area contributed by atoms with Crippen molar-refractivity contribution in [2.45, 2.75) is 6.92 Å². The summed E-state index contributed by atoms with van der Waals surface area (Å²) in [6, 6.07) is 5.85. The van der Waals surface area contributed by atoms with E-state index in [1.807, 2.05) is 25.1 Å². The van der Waals surface area contributed by atoms with E-state index in [0.29, 0.717) is 0 Å². The third-order valence-electron chi connectivity index (χ3n) is 1.42. The molecule has 0 aliphatic carbocycles. The first-order chi connectivity index (χ1) is 5.25. The molecule has 0 amide bonds. The minimum atomic E-state index is 0.773. The second-order valence-electron chi connectivity index (χ2n) is 2.23. The lowest BCUT2D eigenvalue weighted by atomic mass is 10.3. The molecule has 0 saturated heterocycles. The summed E-state index contributed by atoms with van der Waals surface area (Å²) in [6.07, 6.45) is 0. The van der Waals surface area contributed by atoms with Crippen LogP contribution in [0.4, 0.5) is 11.4 Å². The Labute approximate surface area is 74.9 Å². The van der Waals surface area contributed by atoms with Crippen molar-refractivity contribution < 1.29 is 0 Å². The van der Waals surface area contributed by atoms with Gasteiger partial charge in [-0.3, -0.25) is 0 Å². The molecule has 3 N–H and O–H groups in total. The molecule has 0 fully saturated rings. The topological polar surface area (TPSA) is 38.0 Å². The third kappa shape index (κ3) is 1.87. The monoisotopic (exact) mass is 214 g/mol. The molecule has 11 heavy (non-hydrogen) atoms. The fraction of sp³-hybridized carbons (Fsp3) is 0.250. The number of nitrogens with two attached hydrogens (primary N) is 1. The summed E-state index contributed by atoms with van der Waals surface area (Å²) >= 11 is 3.35. The summed E-state index contributed by atoms with van der Waals surface area (Å²) in [5, 5.41) is 3.16. The molecule has 60 valence electrons. The average molecular weight is 215 g/mol. The third-order valence-corrected chi connectivity index (χ3v) is 2.11. The first-order valence-corrected chi connectivity index (χ1v) is 4.33. The average Bonchev–Trinajstić information content (AvgIpc) is 1.99. The Hall–Kier alpha value is -0.700. The summed E-state index contributed by atoms with van der Waals surface area (Å²) in [5.41, 5.74) is 7.52. The van der Waals surface area contributed by atoms with Gasteiger partial charge in [0, 0.05) is 11.0 Å². The van der Waals surface area contributed by atoms with E-state index in [9.17, 15) is 0 Å². The van der Waals surface area contributed by atoms with Crippen LogP contribution in [0.2, 0.25) is 0 Å². The summed E-state index contributed by atoms with van der Waals surface area (Å²) in [7, 11) is 0. The van der Waals surface area contributed by atoms with Crippen molar-refractivity contribution in [3.63, 3.8) is 0 Å². The number of para-hydroxylation sites is 1. The van der Waals surface area contributed by atoms with Crippen LogP contribution in [0.15, 0.2) is 22.7 Å². The summed E-state index contributed by atoms with van der Waals surface area (Å²) in [6.45, 7) is 2.93. The SMILES string of the molecule is CCNc1cccc(Br)c1N. The van der Waals surface area contributed by atoms with Crippen LogP contribution >= 0.6 is 15.9 Å². The summed E-state index contributed by atoms with van der Waals surface area (Å²) in [5.74, 6) is 0. The van der Waals surface area contributed by atoms with Crippen molar-refractivity contribution in [2.75, 3.05) is 17.6 Å². The largest absolute Gasteiger partial charge is 0.396 e. The highest BCUT2D eigenvalue weighted by Crippen LogP contribution is 2.26.